The van der Waals surface area contributed by atoms with Crippen LogP contribution in [0.15, 0.2) is 42.6 Å². The average molecular weight is 242 g/mol. The molecule has 1 aromatic heterocycles. The predicted molar refractivity (Wildman–Crippen MR) is 69.4 cm³/mol. The molecule has 0 aliphatic heterocycles. The van der Waals surface area contributed by atoms with E-state index < -0.39 is 0 Å². The summed E-state index contributed by atoms with van der Waals surface area (Å²) in [5, 5.41) is 11.9. The molecule has 2 rings (SSSR count). The highest BCUT2D eigenvalue weighted by Gasteiger charge is 2.05. The molecule has 18 heavy (non-hydrogen) atoms. The molecule has 1 heterocycles. The fraction of sp³-hybridized carbons (Fsp3) is 0.143. The number of rotatable bonds is 3. The number of nitrogens with one attached hydrogen (secondary N) is 1. The Balaban J connectivity index is 1.98. The van der Waals surface area contributed by atoms with Crippen LogP contribution in [0.25, 0.3) is 0 Å². The molecule has 0 unspecified atom stereocenters. The SMILES string of the molecule is Cc1ccnc(NC(=O)Cc2ccc(O)cc2)c1. The van der Waals surface area contributed by atoms with Gasteiger partial charge in [-0.3, -0.25) is 4.79 Å². The first kappa shape index (κ1) is 12.1. The quantitative estimate of drug-likeness (QED) is 0.868. The van der Waals surface area contributed by atoms with Crippen molar-refractivity contribution in [2.24, 2.45) is 0 Å². The molecule has 0 saturated carbocycles. The molecule has 4 heteroatoms. The zero-order valence-electron chi connectivity index (χ0n) is 10.1. The van der Waals surface area contributed by atoms with Crippen LogP contribution < -0.4 is 5.32 Å². The summed E-state index contributed by atoms with van der Waals surface area (Å²) in [6.45, 7) is 1.94. The average Bonchev–Trinajstić information content (AvgIpc) is 2.32. The van der Waals surface area contributed by atoms with Crippen LogP contribution in [-0.4, -0.2) is 16.0 Å². The van der Waals surface area contributed by atoms with Crippen molar-refractivity contribution in [3.8, 4) is 5.75 Å². The second-order valence-electron chi connectivity index (χ2n) is 4.11. The fourth-order valence-corrected chi connectivity index (χ4v) is 1.59. The zero-order chi connectivity index (χ0) is 13.0. The number of nitrogens with zero attached hydrogens (tertiary/aromatic N) is 1. The number of carbonyl (C=O) groups is 1. The van der Waals surface area contributed by atoms with Crippen LogP contribution in [0.3, 0.4) is 0 Å². The molecule has 0 atom stereocenters. The molecule has 0 aliphatic carbocycles. The largest absolute Gasteiger partial charge is 0.508 e. The van der Waals surface area contributed by atoms with Crippen molar-refractivity contribution in [1.29, 1.82) is 0 Å². The lowest BCUT2D eigenvalue weighted by Crippen LogP contribution is -2.15. The minimum atomic E-state index is -0.126. The van der Waals surface area contributed by atoms with E-state index in [1.165, 1.54) is 0 Å². The van der Waals surface area contributed by atoms with E-state index in [1.54, 1.807) is 30.5 Å². The standard InChI is InChI=1S/C14H14N2O2/c1-10-6-7-15-13(8-10)16-14(18)9-11-2-4-12(17)5-3-11/h2-8,17H,9H2,1H3,(H,15,16,18). The first-order valence-electron chi connectivity index (χ1n) is 5.64. The maximum atomic E-state index is 11.8. The Bertz CT molecular complexity index is 550. The molecule has 1 aromatic carbocycles. The van der Waals surface area contributed by atoms with Gasteiger partial charge in [-0.15, -0.1) is 0 Å². The summed E-state index contributed by atoms with van der Waals surface area (Å²) >= 11 is 0. The first-order chi connectivity index (χ1) is 8.63. The van der Waals surface area contributed by atoms with E-state index in [9.17, 15) is 4.79 Å². The summed E-state index contributed by atoms with van der Waals surface area (Å²) < 4.78 is 0. The maximum Gasteiger partial charge on any atom is 0.229 e. The fourth-order valence-electron chi connectivity index (χ4n) is 1.59. The number of benzene rings is 1. The van der Waals surface area contributed by atoms with E-state index in [4.69, 9.17) is 5.11 Å². The van der Waals surface area contributed by atoms with Gasteiger partial charge in [0.2, 0.25) is 5.91 Å². The van der Waals surface area contributed by atoms with Gasteiger partial charge in [0.1, 0.15) is 11.6 Å². The van der Waals surface area contributed by atoms with Crippen molar-refractivity contribution in [3.05, 3.63) is 53.7 Å². The van der Waals surface area contributed by atoms with Gasteiger partial charge in [-0.25, -0.2) is 4.98 Å². The Morgan fingerprint density at radius 1 is 1.28 bits per heavy atom. The predicted octanol–water partition coefficient (Wildman–Crippen LogP) is 2.28. The second kappa shape index (κ2) is 5.31. The highest BCUT2D eigenvalue weighted by Crippen LogP contribution is 2.11. The van der Waals surface area contributed by atoms with Crippen molar-refractivity contribution in [2.45, 2.75) is 13.3 Å². The Kier molecular flexibility index (Phi) is 3.57. The Morgan fingerprint density at radius 2 is 2.00 bits per heavy atom. The highest BCUT2D eigenvalue weighted by atomic mass is 16.3. The number of phenols is 1. The number of anilines is 1. The number of hydrogen-bond donors (Lipinski definition) is 2. The summed E-state index contributed by atoms with van der Waals surface area (Å²) in [5.74, 6) is 0.622. The Morgan fingerprint density at radius 3 is 2.67 bits per heavy atom. The van der Waals surface area contributed by atoms with Crippen LogP contribution >= 0.6 is 0 Å². The smallest absolute Gasteiger partial charge is 0.229 e. The molecule has 2 aromatic rings. The summed E-state index contributed by atoms with van der Waals surface area (Å²) in [7, 11) is 0. The van der Waals surface area contributed by atoms with Crippen LogP contribution in [-0.2, 0) is 11.2 Å². The van der Waals surface area contributed by atoms with Gasteiger partial charge in [-0.1, -0.05) is 12.1 Å². The van der Waals surface area contributed by atoms with E-state index in [1.807, 2.05) is 19.1 Å². The summed E-state index contributed by atoms with van der Waals surface area (Å²) in [6, 6.07) is 10.3. The molecule has 4 nitrogen and oxygen atoms in total. The maximum absolute atomic E-state index is 11.8. The summed E-state index contributed by atoms with van der Waals surface area (Å²) in [6.07, 6.45) is 1.92. The number of aryl methyl sites for hydroxylation is 1. The molecular weight excluding hydrogens is 228 g/mol. The lowest BCUT2D eigenvalue weighted by atomic mass is 10.1. The van der Waals surface area contributed by atoms with E-state index in [0.717, 1.165) is 11.1 Å². The number of aromatic hydroxyl groups is 1. The third kappa shape index (κ3) is 3.31. The van der Waals surface area contributed by atoms with Crippen molar-refractivity contribution in [2.75, 3.05) is 5.32 Å². The topological polar surface area (TPSA) is 62.2 Å². The molecule has 1 amide bonds. The van der Waals surface area contributed by atoms with Gasteiger partial charge in [-0.05, 0) is 42.3 Å². The van der Waals surface area contributed by atoms with Crippen LogP contribution in [0, 0.1) is 6.92 Å². The van der Waals surface area contributed by atoms with Crippen molar-refractivity contribution >= 4 is 11.7 Å². The summed E-state index contributed by atoms with van der Waals surface area (Å²) in [4.78, 5) is 15.8. The summed E-state index contributed by atoms with van der Waals surface area (Å²) in [5.41, 5.74) is 1.89. The van der Waals surface area contributed by atoms with Crippen LogP contribution in [0.1, 0.15) is 11.1 Å². The van der Waals surface area contributed by atoms with Crippen LogP contribution in [0.4, 0.5) is 5.82 Å². The molecular formula is C14H14N2O2. The van der Waals surface area contributed by atoms with Crippen LogP contribution in [0.2, 0.25) is 0 Å². The number of aromatic nitrogens is 1. The molecule has 0 bridgehead atoms. The number of phenolic OH excluding ortho intramolecular Hbond substituents is 1. The normalized spacial score (nSPS) is 10.1. The lowest BCUT2D eigenvalue weighted by molar-refractivity contribution is -0.115. The third-order valence-corrected chi connectivity index (χ3v) is 2.48. The number of carbonyl (C=O) groups excluding carboxylic acids is 1. The molecule has 0 saturated heterocycles. The minimum absolute atomic E-state index is 0.126. The third-order valence-electron chi connectivity index (χ3n) is 2.48. The molecule has 0 spiro atoms. The van der Waals surface area contributed by atoms with Crippen molar-refractivity contribution in [3.63, 3.8) is 0 Å². The van der Waals surface area contributed by atoms with Gasteiger partial charge in [0.25, 0.3) is 0 Å². The first-order valence-corrected chi connectivity index (χ1v) is 5.64. The van der Waals surface area contributed by atoms with Gasteiger partial charge in [-0.2, -0.15) is 0 Å². The number of hydrogen-bond acceptors (Lipinski definition) is 3. The monoisotopic (exact) mass is 242 g/mol. The number of amides is 1. The molecule has 2 N–H and O–H groups in total. The van der Waals surface area contributed by atoms with Gasteiger partial charge in [0.05, 0.1) is 6.42 Å². The Labute approximate surface area is 105 Å². The Hall–Kier alpha value is -2.36. The lowest BCUT2D eigenvalue weighted by Gasteiger charge is -2.05. The van der Waals surface area contributed by atoms with Gasteiger partial charge >= 0.3 is 0 Å². The van der Waals surface area contributed by atoms with E-state index in [0.29, 0.717) is 5.82 Å². The van der Waals surface area contributed by atoms with E-state index in [2.05, 4.69) is 10.3 Å². The highest BCUT2D eigenvalue weighted by molar-refractivity contribution is 5.91. The number of pyridine rings is 1. The van der Waals surface area contributed by atoms with E-state index >= 15 is 0 Å². The minimum Gasteiger partial charge on any atom is -0.508 e. The van der Waals surface area contributed by atoms with Crippen molar-refractivity contribution in [1.82, 2.24) is 4.98 Å². The van der Waals surface area contributed by atoms with Crippen molar-refractivity contribution < 1.29 is 9.90 Å². The molecule has 0 fully saturated rings. The molecule has 92 valence electrons. The van der Waals surface area contributed by atoms with Gasteiger partial charge in [0, 0.05) is 6.20 Å². The second-order valence-corrected chi connectivity index (χ2v) is 4.11. The zero-order valence-corrected chi connectivity index (χ0v) is 10.1. The van der Waals surface area contributed by atoms with Gasteiger partial charge < -0.3 is 10.4 Å². The van der Waals surface area contributed by atoms with Crippen LogP contribution in [0.5, 0.6) is 5.75 Å². The van der Waals surface area contributed by atoms with Gasteiger partial charge in [0.15, 0.2) is 0 Å². The van der Waals surface area contributed by atoms with E-state index in [-0.39, 0.29) is 18.1 Å². The molecule has 0 radical (unpaired) electrons. The molecule has 0 aliphatic rings.